The lowest BCUT2D eigenvalue weighted by atomic mass is 10.2. The highest BCUT2D eigenvalue weighted by Crippen LogP contribution is 2.17. The number of hydrogen-bond acceptors (Lipinski definition) is 3. The number of nitrogens with zero attached hydrogens (tertiary/aromatic N) is 1. The Balaban J connectivity index is 2.40. The first-order valence-electron chi connectivity index (χ1n) is 5.21. The molecule has 0 aromatic heterocycles. The summed E-state index contributed by atoms with van der Waals surface area (Å²) in [5.41, 5.74) is 2.57. The first-order chi connectivity index (χ1) is 7.25. The van der Waals surface area contributed by atoms with Crippen LogP contribution in [0.15, 0.2) is 24.3 Å². The van der Waals surface area contributed by atoms with Crippen molar-refractivity contribution >= 4 is 18.3 Å². The second kappa shape index (κ2) is 6.75. The Hall–Kier alpha value is -0.670. The van der Waals surface area contributed by atoms with Crippen LogP contribution < -0.4 is 4.90 Å². The van der Waals surface area contributed by atoms with Gasteiger partial charge in [0.15, 0.2) is 0 Å². The maximum absolute atomic E-state index is 5.40. The van der Waals surface area contributed by atoms with E-state index in [-0.39, 0.29) is 0 Å². The molecular formula is C12H19NOS. The second-order valence-electron chi connectivity index (χ2n) is 3.54. The quantitative estimate of drug-likeness (QED) is 0.589. The Bertz CT molecular complexity index is 291. The average Bonchev–Trinajstić information content (AvgIpc) is 2.25. The molecule has 3 heteroatoms. The van der Waals surface area contributed by atoms with Crippen molar-refractivity contribution in [1.29, 1.82) is 0 Å². The van der Waals surface area contributed by atoms with Gasteiger partial charge in [-0.3, -0.25) is 0 Å². The number of para-hydroxylation sites is 1. The molecule has 0 amide bonds. The van der Waals surface area contributed by atoms with Gasteiger partial charge < -0.3 is 9.64 Å². The number of hydrogen-bond donors (Lipinski definition) is 1. The smallest absolute Gasteiger partial charge is 0.0641 e. The zero-order valence-electron chi connectivity index (χ0n) is 9.44. The van der Waals surface area contributed by atoms with Crippen LogP contribution in [0.25, 0.3) is 0 Å². The summed E-state index contributed by atoms with van der Waals surface area (Å²) < 4.78 is 5.40. The fourth-order valence-corrected chi connectivity index (χ4v) is 1.61. The van der Waals surface area contributed by atoms with E-state index in [1.165, 1.54) is 11.3 Å². The van der Waals surface area contributed by atoms with Crippen LogP contribution >= 0.6 is 12.6 Å². The lowest BCUT2D eigenvalue weighted by Crippen LogP contribution is -2.23. The van der Waals surface area contributed by atoms with E-state index in [2.05, 4.69) is 55.8 Å². The van der Waals surface area contributed by atoms with Crippen LogP contribution in [-0.4, -0.2) is 32.6 Å². The first kappa shape index (κ1) is 12.4. The predicted molar refractivity (Wildman–Crippen MR) is 69.1 cm³/mol. The topological polar surface area (TPSA) is 12.5 Å². The van der Waals surface area contributed by atoms with Gasteiger partial charge in [0.1, 0.15) is 0 Å². The van der Waals surface area contributed by atoms with Crippen molar-refractivity contribution in [2.45, 2.75) is 6.92 Å². The van der Waals surface area contributed by atoms with Crippen molar-refractivity contribution in [1.82, 2.24) is 0 Å². The molecule has 0 radical (unpaired) electrons. The average molecular weight is 225 g/mol. The molecule has 1 aromatic rings. The highest BCUT2D eigenvalue weighted by molar-refractivity contribution is 7.80. The fraction of sp³-hybridized carbons (Fsp3) is 0.500. The van der Waals surface area contributed by atoms with Crippen LogP contribution in [0.3, 0.4) is 0 Å². The van der Waals surface area contributed by atoms with Crippen molar-refractivity contribution in [3.63, 3.8) is 0 Å². The third-order valence-electron chi connectivity index (χ3n) is 2.33. The summed E-state index contributed by atoms with van der Waals surface area (Å²) in [5, 5.41) is 0. The summed E-state index contributed by atoms with van der Waals surface area (Å²) in [6, 6.07) is 8.38. The van der Waals surface area contributed by atoms with E-state index < -0.39 is 0 Å². The van der Waals surface area contributed by atoms with Gasteiger partial charge >= 0.3 is 0 Å². The van der Waals surface area contributed by atoms with Gasteiger partial charge in [0.05, 0.1) is 13.2 Å². The third kappa shape index (κ3) is 4.14. The molecule has 2 nitrogen and oxygen atoms in total. The Morgan fingerprint density at radius 1 is 1.27 bits per heavy atom. The minimum Gasteiger partial charge on any atom is -0.379 e. The van der Waals surface area contributed by atoms with Gasteiger partial charge in [-0.05, 0) is 18.6 Å². The molecule has 0 N–H and O–H groups in total. The Morgan fingerprint density at radius 3 is 2.67 bits per heavy atom. The van der Waals surface area contributed by atoms with E-state index in [0.29, 0.717) is 0 Å². The Labute approximate surface area is 97.6 Å². The fourth-order valence-electron chi connectivity index (χ4n) is 1.48. The molecule has 0 heterocycles. The normalized spacial score (nSPS) is 10.3. The molecular weight excluding hydrogens is 206 g/mol. The Morgan fingerprint density at radius 2 is 2.00 bits per heavy atom. The van der Waals surface area contributed by atoms with Crippen molar-refractivity contribution in [3.8, 4) is 0 Å². The molecule has 0 saturated carbocycles. The van der Waals surface area contributed by atoms with E-state index in [4.69, 9.17) is 4.74 Å². The monoisotopic (exact) mass is 225 g/mol. The number of rotatable bonds is 6. The van der Waals surface area contributed by atoms with E-state index in [1.807, 2.05) is 0 Å². The lowest BCUT2D eigenvalue weighted by Gasteiger charge is -2.21. The minimum atomic E-state index is 0.727. The minimum absolute atomic E-state index is 0.727. The number of ether oxygens (including phenoxy) is 1. The third-order valence-corrected chi connectivity index (χ3v) is 2.52. The summed E-state index contributed by atoms with van der Waals surface area (Å²) in [4.78, 5) is 2.22. The van der Waals surface area contributed by atoms with Crippen molar-refractivity contribution in [3.05, 3.63) is 29.8 Å². The summed E-state index contributed by atoms with van der Waals surface area (Å²) in [7, 11) is 2.09. The molecule has 84 valence electrons. The van der Waals surface area contributed by atoms with Gasteiger partial charge in [0, 0.05) is 25.0 Å². The molecule has 0 aliphatic carbocycles. The maximum Gasteiger partial charge on any atom is 0.0641 e. The first-order valence-corrected chi connectivity index (χ1v) is 5.84. The molecule has 1 aromatic carbocycles. The van der Waals surface area contributed by atoms with Crippen LogP contribution in [0.1, 0.15) is 5.56 Å². The molecule has 0 fully saturated rings. The second-order valence-corrected chi connectivity index (χ2v) is 3.99. The zero-order chi connectivity index (χ0) is 11.1. The van der Waals surface area contributed by atoms with Crippen LogP contribution in [0.2, 0.25) is 0 Å². The van der Waals surface area contributed by atoms with Crippen LogP contribution in [0, 0.1) is 6.92 Å². The standard InChI is InChI=1S/C12H19NOS/c1-11-5-3-4-6-12(11)13(2)7-8-14-9-10-15/h3-6,15H,7-10H2,1-2H3. The van der Waals surface area contributed by atoms with E-state index in [1.54, 1.807) is 0 Å². The summed E-state index contributed by atoms with van der Waals surface area (Å²) in [5.74, 6) is 0.786. The van der Waals surface area contributed by atoms with Gasteiger partial charge in [0.2, 0.25) is 0 Å². The van der Waals surface area contributed by atoms with Crippen molar-refractivity contribution in [2.75, 3.05) is 37.5 Å². The predicted octanol–water partition coefficient (Wildman–Crippen LogP) is 2.38. The summed E-state index contributed by atoms with van der Waals surface area (Å²) in [6.07, 6.45) is 0. The van der Waals surface area contributed by atoms with Gasteiger partial charge in [0.25, 0.3) is 0 Å². The summed E-state index contributed by atoms with van der Waals surface area (Å²) in [6.45, 7) is 4.52. The van der Waals surface area contributed by atoms with E-state index in [0.717, 1.165) is 25.5 Å². The highest BCUT2D eigenvalue weighted by Gasteiger charge is 2.02. The van der Waals surface area contributed by atoms with Gasteiger partial charge in [-0.15, -0.1) is 0 Å². The molecule has 0 atom stereocenters. The number of likely N-dealkylation sites (N-methyl/N-ethyl adjacent to an activating group) is 1. The summed E-state index contributed by atoms with van der Waals surface area (Å²) >= 11 is 4.09. The highest BCUT2D eigenvalue weighted by atomic mass is 32.1. The lowest BCUT2D eigenvalue weighted by molar-refractivity contribution is 0.157. The van der Waals surface area contributed by atoms with E-state index in [9.17, 15) is 0 Å². The van der Waals surface area contributed by atoms with Crippen LogP contribution in [0.5, 0.6) is 0 Å². The SMILES string of the molecule is Cc1ccccc1N(C)CCOCCS. The number of thiol groups is 1. The van der Waals surface area contributed by atoms with Gasteiger partial charge in [-0.25, -0.2) is 0 Å². The molecule has 0 saturated heterocycles. The van der Waals surface area contributed by atoms with E-state index >= 15 is 0 Å². The largest absolute Gasteiger partial charge is 0.379 e. The molecule has 0 spiro atoms. The number of anilines is 1. The molecule has 15 heavy (non-hydrogen) atoms. The maximum atomic E-state index is 5.40. The molecule has 0 unspecified atom stereocenters. The van der Waals surface area contributed by atoms with Crippen LogP contribution in [-0.2, 0) is 4.74 Å². The van der Waals surface area contributed by atoms with Crippen molar-refractivity contribution < 1.29 is 4.74 Å². The van der Waals surface area contributed by atoms with Gasteiger partial charge in [-0.2, -0.15) is 12.6 Å². The number of aryl methyl sites for hydroxylation is 1. The Kier molecular flexibility index (Phi) is 5.58. The zero-order valence-corrected chi connectivity index (χ0v) is 10.3. The molecule has 0 aliphatic rings. The number of benzene rings is 1. The molecule has 0 bridgehead atoms. The van der Waals surface area contributed by atoms with Gasteiger partial charge in [-0.1, -0.05) is 18.2 Å². The molecule has 0 aliphatic heterocycles. The molecule has 1 rings (SSSR count). The van der Waals surface area contributed by atoms with Crippen molar-refractivity contribution in [2.24, 2.45) is 0 Å². The van der Waals surface area contributed by atoms with Crippen LogP contribution in [0.4, 0.5) is 5.69 Å².